The Morgan fingerprint density at radius 2 is 2.00 bits per heavy atom. The van der Waals surface area contributed by atoms with Crippen molar-refractivity contribution in [3.63, 3.8) is 0 Å². The second-order valence-corrected chi connectivity index (χ2v) is 4.30. The lowest BCUT2D eigenvalue weighted by Gasteiger charge is -2.02. The molecule has 16 heavy (non-hydrogen) atoms. The van der Waals surface area contributed by atoms with Crippen LogP contribution in [-0.4, -0.2) is 12.6 Å². The molecule has 1 saturated carbocycles. The van der Waals surface area contributed by atoms with Crippen molar-refractivity contribution in [2.24, 2.45) is 5.92 Å². The zero-order valence-electron chi connectivity index (χ0n) is 9.90. The summed E-state index contributed by atoms with van der Waals surface area (Å²) in [5.41, 5.74) is 2.62. The van der Waals surface area contributed by atoms with Crippen LogP contribution in [0.5, 0.6) is 0 Å². The van der Waals surface area contributed by atoms with Crippen LogP contribution in [0.3, 0.4) is 0 Å². The van der Waals surface area contributed by atoms with Gasteiger partial charge in [-0.2, -0.15) is 0 Å². The normalized spacial score (nSPS) is 22.9. The molecule has 2 nitrogen and oxygen atoms in total. The fraction of sp³-hybridized carbons (Fsp3) is 0.500. The van der Waals surface area contributed by atoms with Crippen LogP contribution in [0.2, 0.25) is 0 Å². The highest BCUT2D eigenvalue weighted by molar-refractivity contribution is 5.77. The van der Waals surface area contributed by atoms with E-state index in [1.54, 1.807) is 0 Å². The van der Waals surface area contributed by atoms with Crippen molar-refractivity contribution in [2.75, 3.05) is 6.61 Å². The largest absolute Gasteiger partial charge is 0.466 e. The Morgan fingerprint density at radius 3 is 2.56 bits per heavy atom. The number of benzene rings is 1. The van der Waals surface area contributed by atoms with E-state index in [0.717, 1.165) is 12.8 Å². The lowest BCUT2D eigenvalue weighted by atomic mass is 10.1. The third-order valence-corrected chi connectivity index (χ3v) is 3.20. The maximum absolute atomic E-state index is 11.5. The van der Waals surface area contributed by atoms with Gasteiger partial charge in [-0.05, 0) is 36.8 Å². The Hall–Kier alpha value is -1.31. The first-order valence-corrected chi connectivity index (χ1v) is 6.01. The molecular formula is C14H18O2. The molecule has 0 aromatic heterocycles. The third kappa shape index (κ3) is 2.26. The predicted molar refractivity (Wildman–Crippen MR) is 63.3 cm³/mol. The van der Waals surface area contributed by atoms with Crippen molar-refractivity contribution in [1.29, 1.82) is 0 Å². The molecule has 2 heteroatoms. The topological polar surface area (TPSA) is 26.3 Å². The van der Waals surface area contributed by atoms with Gasteiger partial charge in [0.1, 0.15) is 0 Å². The molecule has 0 aliphatic heterocycles. The molecule has 2 atom stereocenters. The Balaban J connectivity index is 1.97. The van der Waals surface area contributed by atoms with E-state index in [1.165, 1.54) is 11.1 Å². The minimum absolute atomic E-state index is 0.0351. The van der Waals surface area contributed by atoms with Gasteiger partial charge in [-0.1, -0.05) is 31.2 Å². The van der Waals surface area contributed by atoms with Crippen molar-refractivity contribution in [3.8, 4) is 0 Å². The minimum atomic E-state index is -0.0351. The summed E-state index contributed by atoms with van der Waals surface area (Å²) < 4.78 is 5.02. The maximum atomic E-state index is 11.5. The van der Waals surface area contributed by atoms with Gasteiger partial charge < -0.3 is 4.74 Å². The standard InChI is InChI=1S/C14H18O2/c1-3-10-5-7-11(8-6-10)12-9-13(12)14(15)16-4-2/h5-8,12-13H,3-4,9H2,1-2H3/t12-,13-/m1/s1. The highest BCUT2D eigenvalue weighted by Gasteiger charge is 2.44. The van der Waals surface area contributed by atoms with Gasteiger partial charge in [0.25, 0.3) is 0 Å². The van der Waals surface area contributed by atoms with E-state index >= 15 is 0 Å². The van der Waals surface area contributed by atoms with Crippen LogP contribution in [0.15, 0.2) is 24.3 Å². The van der Waals surface area contributed by atoms with Crippen LogP contribution in [0, 0.1) is 5.92 Å². The van der Waals surface area contributed by atoms with Gasteiger partial charge in [0.15, 0.2) is 0 Å². The van der Waals surface area contributed by atoms with Crippen molar-refractivity contribution in [1.82, 2.24) is 0 Å². The summed E-state index contributed by atoms with van der Waals surface area (Å²) in [6.45, 7) is 4.48. The van der Waals surface area contributed by atoms with E-state index < -0.39 is 0 Å². The maximum Gasteiger partial charge on any atom is 0.309 e. The van der Waals surface area contributed by atoms with E-state index in [0.29, 0.717) is 12.5 Å². The van der Waals surface area contributed by atoms with Crippen LogP contribution in [0.1, 0.15) is 37.3 Å². The van der Waals surface area contributed by atoms with Gasteiger partial charge >= 0.3 is 5.97 Å². The van der Waals surface area contributed by atoms with E-state index in [4.69, 9.17) is 4.74 Å². The van der Waals surface area contributed by atoms with Crippen LogP contribution in [0.25, 0.3) is 0 Å². The quantitative estimate of drug-likeness (QED) is 0.726. The van der Waals surface area contributed by atoms with Crippen LogP contribution in [-0.2, 0) is 16.0 Å². The van der Waals surface area contributed by atoms with Gasteiger partial charge in [0.2, 0.25) is 0 Å². The lowest BCUT2D eigenvalue weighted by molar-refractivity contribution is -0.144. The van der Waals surface area contributed by atoms with Crippen molar-refractivity contribution < 1.29 is 9.53 Å². The van der Waals surface area contributed by atoms with Crippen LogP contribution >= 0.6 is 0 Å². The van der Waals surface area contributed by atoms with Gasteiger partial charge in [-0.15, -0.1) is 0 Å². The van der Waals surface area contributed by atoms with Crippen molar-refractivity contribution >= 4 is 5.97 Å². The molecular weight excluding hydrogens is 200 g/mol. The second kappa shape index (κ2) is 4.69. The minimum Gasteiger partial charge on any atom is -0.466 e. The molecule has 0 bridgehead atoms. The molecule has 2 rings (SSSR count). The monoisotopic (exact) mass is 218 g/mol. The van der Waals surface area contributed by atoms with Crippen LogP contribution in [0.4, 0.5) is 0 Å². The molecule has 1 aliphatic carbocycles. The molecule has 0 amide bonds. The summed E-state index contributed by atoms with van der Waals surface area (Å²) in [5, 5.41) is 0. The number of esters is 1. The Morgan fingerprint density at radius 1 is 1.31 bits per heavy atom. The van der Waals surface area contributed by atoms with E-state index in [2.05, 4.69) is 31.2 Å². The molecule has 0 saturated heterocycles. The third-order valence-electron chi connectivity index (χ3n) is 3.20. The molecule has 1 aliphatic rings. The molecule has 0 spiro atoms. The smallest absolute Gasteiger partial charge is 0.309 e. The van der Waals surface area contributed by atoms with Gasteiger partial charge in [0.05, 0.1) is 12.5 Å². The zero-order valence-corrected chi connectivity index (χ0v) is 9.90. The first kappa shape index (κ1) is 11.2. The van der Waals surface area contributed by atoms with E-state index in [-0.39, 0.29) is 11.9 Å². The lowest BCUT2D eigenvalue weighted by Crippen LogP contribution is -2.07. The Labute approximate surface area is 96.6 Å². The van der Waals surface area contributed by atoms with Crippen molar-refractivity contribution in [3.05, 3.63) is 35.4 Å². The average Bonchev–Trinajstić information content (AvgIpc) is 3.09. The number of carbonyl (C=O) groups excluding carboxylic acids is 1. The molecule has 0 unspecified atom stereocenters. The fourth-order valence-corrected chi connectivity index (χ4v) is 2.07. The van der Waals surface area contributed by atoms with Crippen molar-refractivity contribution in [2.45, 2.75) is 32.6 Å². The summed E-state index contributed by atoms with van der Waals surface area (Å²) in [6.07, 6.45) is 2.01. The molecule has 86 valence electrons. The number of carbonyl (C=O) groups is 1. The average molecular weight is 218 g/mol. The summed E-state index contributed by atoms with van der Waals surface area (Å²) in [7, 11) is 0. The van der Waals surface area contributed by atoms with E-state index in [1.807, 2.05) is 6.92 Å². The highest BCUT2D eigenvalue weighted by atomic mass is 16.5. The molecule has 0 heterocycles. The Bertz CT molecular complexity index is 367. The summed E-state index contributed by atoms with van der Waals surface area (Å²) in [5.74, 6) is 0.462. The summed E-state index contributed by atoms with van der Waals surface area (Å²) >= 11 is 0. The van der Waals surface area contributed by atoms with Gasteiger partial charge in [-0.3, -0.25) is 4.79 Å². The fourth-order valence-electron chi connectivity index (χ4n) is 2.07. The van der Waals surface area contributed by atoms with Gasteiger partial charge in [-0.25, -0.2) is 0 Å². The Kier molecular flexibility index (Phi) is 3.28. The van der Waals surface area contributed by atoms with Crippen LogP contribution < -0.4 is 0 Å². The number of rotatable bonds is 4. The second-order valence-electron chi connectivity index (χ2n) is 4.30. The van der Waals surface area contributed by atoms with E-state index in [9.17, 15) is 4.79 Å². The first-order valence-electron chi connectivity index (χ1n) is 6.01. The molecule has 1 fully saturated rings. The summed E-state index contributed by atoms with van der Waals surface area (Å²) in [4.78, 5) is 11.5. The zero-order chi connectivity index (χ0) is 11.5. The molecule has 0 radical (unpaired) electrons. The number of hydrogen-bond acceptors (Lipinski definition) is 2. The molecule has 1 aromatic rings. The highest BCUT2D eigenvalue weighted by Crippen LogP contribution is 2.48. The molecule has 0 N–H and O–H groups in total. The van der Waals surface area contributed by atoms with Gasteiger partial charge in [0, 0.05) is 0 Å². The number of aryl methyl sites for hydroxylation is 1. The molecule has 1 aromatic carbocycles. The predicted octanol–water partition coefficient (Wildman–Crippen LogP) is 2.92. The first-order chi connectivity index (χ1) is 7.76. The summed E-state index contributed by atoms with van der Waals surface area (Å²) in [6, 6.07) is 8.58. The number of ether oxygens (including phenoxy) is 1. The number of hydrogen-bond donors (Lipinski definition) is 0. The SMILES string of the molecule is CCOC(=O)[C@@H]1C[C@@H]1c1ccc(CC)cc1.